The van der Waals surface area contributed by atoms with Crippen molar-refractivity contribution in [1.29, 1.82) is 0 Å². The van der Waals surface area contributed by atoms with Gasteiger partial charge in [0.2, 0.25) is 0 Å². The van der Waals surface area contributed by atoms with Crippen molar-refractivity contribution in [3.63, 3.8) is 0 Å². The number of carboxylic acid groups (broad SMARTS) is 2. The highest BCUT2D eigenvalue weighted by atomic mass is 35.5. The molecule has 2 aliphatic carbocycles. The zero-order valence-electron chi connectivity index (χ0n) is 34.0. The van der Waals surface area contributed by atoms with E-state index in [0.29, 0.717) is 54.7 Å². The number of aliphatic carboxylic acids is 2. The van der Waals surface area contributed by atoms with Crippen molar-refractivity contribution >= 4 is 46.7 Å². The minimum Gasteiger partial charge on any atom is -0.481 e. The van der Waals surface area contributed by atoms with Crippen molar-refractivity contribution < 1.29 is 29.4 Å². The molecule has 1 saturated heterocycles. The van der Waals surface area contributed by atoms with Gasteiger partial charge >= 0.3 is 11.9 Å². The van der Waals surface area contributed by atoms with Crippen molar-refractivity contribution in [1.82, 2.24) is 29.1 Å². The molecule has 2 saturated carbocycles. The average Bonchev–Trinajstić information content (AvgIpc) is 4.11. The number of benzene rings is 2. The van der Waals surface area contributed by atoms with Gasteiger partial charge in [0, 0.05) is 63.1 Å². The molecule has 60 heavy (non-hydrogen) atoms. The number of nitrogens with zero attached hydrogens (tertiary/aromatic N) is 7. The molecule has 2 aromatic heterocycles. The Kier molecular flexibility index (Phi) is 9.67. The molecular formula is C45H51ClN8O6. The average molecular weight is 835 g/mol. The molecule has 6 aliphatic rings. The number of halogens is 1. The van der Waals surface area contributed by atoms with Crippen molar-refractivity contribution in [3.05, 3.63) is 81.7 Å². The van der Waals surface area contributed by atoms with Gasteiger partial charge < -0.3 is 25.0 Å². The Bertz CT molecular complexity index is 2430. The quantitative estimate of drug-likeness (QED) is 0.162. The molecule has 2 atom stereocenters. The van der Waals surface area contributed by atoms with Crippen LogP contribution in [0.1, 0.15) is 108 Å². The van der Waals surface area contributed by atoms with E-state index in [-0.39, 0.29) is 29.2 Å². The monoisotopic (exact) mass is 834 g/mol. The maximum Gasteiger partial charge on any atom is 0.309 e. The molecule has 4 aromatic rings. The lowest BCUT2D eigenvalue weighted by Crippen LogP contribution is -2.34. The van der Waals surface area contributed by atoms with Crippen LogP contribution in [0.4, 0.5) is 11.4 Å². The van der Waals surface area contributed by atoms with Gasteiger partial charge in [-0.2, -0.15) is 5.10 Å². The fraction of sp³-hybridized carbons (Fsp3) is 0.511. The van der Waals surface area contributed by atoms with Gasteiger partial charge in [-0.05, 0) is 112 Å². The van der Waals surface area contributed by atoms with Gasteiger partial charge in [0.1, 0.15) is 0 Å². The lowest BCUT2D eigenvalue weighted by atomic mass is 9.80. The van der Waals surface area contributed by atoms with Crippen LogP contribution in [0.25, 0.3) is 11.1 Å². The molecule has 6 heterocycles. The predicted octanol–water partition coefficient (Wildman–Crippen LogP) is 6.42. The first kappa shape index (κ1) is 39.1. The van der Waals surface area contributed by atoms with Gasteiger partial charge in [-0.1, -0.05) is 35.9 Å². The molecule has 1 unspecified atom stereocenters. The van der Waals surface area contributed by atoms with E-state index in [2.05, 4.69) is 15.1 Å². The zero-order valence-corrected chi connectivity index (χ0v) is 34.7. The standard InChI is InChI=1S/C45H51ClN8O6/c1-50-35-12-19-51(22-17-44-13-15-45(26-44,16-14-44)43(59)60)25-33(35)47-39(50)40(55)48-31-7-2-6-30(38(31)46)28-5-3-8-34-29(28)11-21-53(34)41(56)32-23-37-36(9-4-18-54(37)49-32)52-20-10-27(24-52)42(57)58/h2-3,5-8,23,27,36H,4,9-22,24-26H2,1H3,(H,48,55)(H,57,58)(H,59,60)/t27-,36?,44?,45?/m1/s1. The van der Waals surface area contributed by atoms with E-state index in [1.165, 1.54) is 0 Å². The molecule has 2 bridgehead atoms. The number of carbonyl (C=O) groups excluding carboxylic acids is 2. The second kappa shape index (κ2) is 14.8. The molecule has 2 amide bonds. The highest BCUT2D eigenvalue weighted by Gasteiger charge is 2.57. The number of fused-ring (bicyclic) bond motifs is 5. The molecule has 314 valence electrons. The molecule has 2 aromatic carbocycles. The highest BCUT2D eigenvalue weighted by molar-refractivity contribution is 6.36. The van der Waals surface area contributed by atoms with Gasteiger partial charge in [-0.25, -0.2) is 4.98 Å². The molecule has 10 rings (SSSR count). The van der Waals surface area contributed by atoms with Gasteiger partial charge in [0.15, 0.2) is 11.5 Å². The molecule has 14 nitrogen and oxygen atoms in total. The number of rotatable bonds is 10. The Morgan fingerprint density at radius 1 is 0.950 bits per heavy atom. The topological polar surface area (TPSA) is 166 Å². The summed E-state index contributed by atoms with van der Waals surface area (Å²) in [6.45, 7) is 4.86. The first-order chi connectivity index (χ1) is 28.9. The van der Waals surface area contributed by atoms with E-state index in [1.54, 1.807) is 11.0 Å². The number of nitrogens with one attached hydrogen (secondary N) is 1. The summed E-state index contributed by atoms with van der Waals surface area (Å²) in [5.41, 5.74) is 6.87. The lowest BCUT2D eigenvalue weighted by molar-refractivity contribution is -0.148. The number of anilines is 2. The second-order valence-corrected chi connectivity index (χ2v) is 18.6. The third kappa shape index (κ3) is 6.53. The Morgan fingerprint density at radius 3 is 2.52 bits per heavy atom. The first-order valence-corrected chi connectivity index (χ1v) is 21.9. The SMILES string of the molecule is Cn1c(C(=O)Nc2cccc(-c3cccc4c3CCN4C(=O)c3cc4n(n3)CCCC4N3CC[C@@H](C(=O)O)C3)c2Cl)nc2c1CCN(CCC13CCC(C(=O)O)(CC1)C3)C2. The number of hydrogen-bond acceptors (Lipinski definition) is 8. The van der Waals surface area contributed by atoms with Crippen molar-refractivity contribution in [2.45, 2.75) is 89.8 Å². The van der Waals surface area contributed by atoms with E-state index < -0.39 is 17.4 Å². The number of imidazole rings is 1. The Morgan fingerprint density at radius 2 is 1.75 bits per heavy atom. The van der Waals surface area contributed by atoms with Gasteiger partial charge in [-0.15, -0.1) is 0 Å². The fourth-order valence-corrected chi connectivity index (χ4v) is 11.9. The minimum absolute atomic E-state index is 0.0431. The third-order valence-corrected chi connectivity index (χ3v) is 15.4. The third-order valence-electron chi connectivity index (χ3n) is 15.0. The molecule has 15 heteroatoms. The molecule has 0 radical (unpaired) electrons. The van der Waals surface area contributed by atoms with Gasteiger partial charge in [-0.3, -0.25) is 33.7 Å². The molecular weight excluding hydrogens is 784 g/mol. The minimum atomic E-state index is -0.754. The summed E-state index contributed by atoms with van der Waals surface area (Å²) in [7, 11) is 1.89. The van der Waals surface area contributed by atoms with E-state index in [0.717, 1.165) is 123 Å². The van der Waals surface area contributed by atoms with Crippen LogP contribution in [0.3, 0.4) is 0 Å². The van der Waals surface area contributed by atoms with Crippen LogP contribution in [0.15, 0.2) is 42.5 Å². The fourth-order valence-electron chi connectivity index (χ4n) is 11.6. The summed E-state index contributed by atoms with van der Waals surface area (Å²) in [4.78, 5) is 62.9. The smallest absolute Gasteiger partial charge is 0.309 e. The van der Waals surface area contributed by atoms with Gasteiger partial charge in [0.25, 0.3) is 11.8 Å². The maximum absolute atomic E-state index is 14.1. The number of carbonyl (C=O) groups is 4. The second-order valence-electron chi connectivity index (χ2n) is 18.2. The number of amides is 2. The summed E-state index contributed by atoms with van der Waals surface area (Å²) < 4.78 is 3.82. The summed E-state index contributed by atoms with van der Waals surface area (Å²) in [5, 5.41) is 27.6. The van der Waals surface area contributed by atoms with Crippen LogP contribution in [0, 0.1) is 16.7 Å². The first-order valence-electron chi connectivity index (χ1n) is 21.5. The molecule has 3 N–H and O–H groups in total. The zero-order chi connectivity index (χ0) is 41.5. The molecule has 4 aliphatic heterocycles. The van der Waals surface area contributed by atoms with E-state index >= 15 is 0 Å². The van der Waals surface area contributed by atoms with Crippen molar-refractivity contribution in [2.24, 2.45) is 23.8 Å². The van der Waals surface area contributed by atoms with E-state index in [4.69, 9.17) is 21.7 Å². The molecule has 0 spiro atoms. The Hall–Kier alpha value is -5.05. The van der Waals surface area contributed by atoms with Crippen molar-refractivity contribution in [2.75, 3.05) is 42.9 Å². The number of likely N-dealkylation sites (tertiary alicyclic amines) is 1. The van der Waals surface area contributed by atoms with Crippen LogP contribution in [0.5, 0.6) is 0 Å². The van der Waals surface area contributed by atoms with Crippen LogP contribution in [-0.2, 0) is 42.6 Å². The number of aryl methyl sites for hydroxylation is 1. The maximum atomic E-state index is 14.1. The largest absolute Gasteiger partial charge is 0.481 e. The van der Waals surface area contributed by atoms with Crippen LogP contribution in [0.2, 0.25) is 5.02 Å². The highest BCUT2D eigenvalue weighted by Crippen LogP contribution is 2.63. The summed E-state index contributed by atoms with van der Waals surface area (Å²) in [6, 6.07) is 13.4. The number of aromatic nitrogens is 4. The normalized spacial score (nSPS) is 25.9. The van der Waals surface area contributed by atoms with Crippen LogP contribution >= 0.6 is 11.6 Å². The number of hydrogen-bond donors (Lipinski definition) is 3. The molecule has 3 fully saturated rings. The lowest BCUT2D eigenvalue weighted by Gasteiger charge is -2.32. The van der Waals surface area contributed by atoms with Gasteiger partial charge in [0.05, 0.1) is 39.5 Å². The Labute approximate surface area is 353 Å². The predicted molar refractivity (Wildman–Crippen MR) is 224 cm³/mol. The summed E-state index contributed by atoms with van der Waals surface area (Å²) >= 11 is 7.11. The summed E-state index contributed by atoms with van der Waals surface area (Å²) in [5.74, 6) is -1.93. The summed E-state index contributed by atoms with van der Waals surface area (Å²) in [6.07, 6.45) is 9.24. The number of carboxylic acids is 2. The van der Waals surface area contributed by atoms with Crippen LogP contribution < -0.4 is 10.2 Å². The van der Waals surface area contributed by atoms with Crippen molar-refractivity contribution in [3.8, 4) is 11.1 Å². The van der Waals surface area contributed by atoms with E-state index in [1.807, 2.05) is 52.7 Å². The van der Waals surface area contributed by atoms with Crippen LogP contribution in [-0.4, -0.2) is 95.8 Å². The van der Waals surface area contributed by atoms with E-state index in [9.17, 15) is 29.4 Å². The Balaban J connectivity index is 0.826.